The fourth-order valence-corrected chi connectivity index (χ4v) is 2.02. The summed E-state index contributed by atoms with van der Waals surface area (Å²) in [7, 11) is 4.64. The van der Waals surface area contributed by atoms with Gasteiger partial charge in [-0.15, -0.1) is 0 Å². The molecule has 0 saturated heterocycles. The SMILES string of the molecule is COC(=O)NC(=O)[C@@H](C)[NH+](C)Cc1cc(Cl)ccc1OC. The first kappa shape index (κ1) is 17.3. The molecule has 6 nitrogen and oxygen atoms in total. The van der Waals surface area contributed by atoms with Crippen LogP contribution in [0, 0.1) is 0 Å². The van der Waals surface area contributed by atoms with Crippen molar-refractivity contribution in [3.63, 3.8) is 0 Å². The molecule has 0 saturated carbocycles. The van der Waals surface area contributed by atoms with Crippen molar-refractivity contribution in [2.24, 2.45) is 0 Å². The van der Waals surface area contributed by atoms with Crippen LogP contribution in [0.3, 0.4) is 0 Å². The molecule has 2 atom stereocenters. The summed E-state index contributed by atoms with van der Waals surface area (Å²) in [6.07, 6.45) is -0.764. The number of rotatable bonds is 5. The molecule has 0 aliphatic carbocycles. The molecule has 2 N–H and O–H groups in total. The van der Waals surface area contributed by atoms with Crippen molar-refractivity contribution < 1.29 is 24.0 Å². The monoisotopic (exact) mass is 315 g/mol. The zero-order chi connectivity index (χ0) is 16.0. The van der Waals surface area contributed by atoms with Gasteiger partial charge in [-0.05, 0) is 25.1 Å². The van der Waals surface area contributed by atoms with Crippen molar-refractivity contribution in [2.75, 3.05) is 21.3 Å². The van der Waals surface area contributed by atoms with Crippen LogP contribution in [0.1, 0.15) is 12.5 Å². The molecule has 7 heteroatoms. The minimum absolute atomic E-state index is 0.402. The molecule has 0 heterocycles. The van der Waals surface area contributed by atoms with Crippen LogP contribution < -0.4 is 15.0 Å². The van der Waals surface area contributed by atoms with Crippen LogP contribution in [-0.2, 0) is 16.1 Å². The Hall–Kier alpha value is -1.79. The minimum Gasteiger partial charge on any atom is -0.496 e. The average Bonchev–Trinajstić information content (AvgIpc) is 2.46. The summed E-state index contributed by atoms with van der Waals surface area (Å²) >= 11 is 5.98. The van der Waals surface area contributed by atoms with E-state index >= 15 is 0 Å². The third kappa shape index (κ3) is 4.91. The predicted octanol–water partition coefficient (Wildman–Crippen LogP) is 0.634. The minimum atomic E-state index is -0.764. The second kappa shape index (κ2) is 7.85. The number of alkyl carbamates (subject to hydrolysis) is 1. The zero-order valence-corrected chi connectivity index (χ0v) is 13.3. The lowest BCUT2D eigenvalue weighted by Gasteiger charge is -2.21. The second-order valence-corrected chi connectivity index (χ2v) is 5.12. The first-order valence-electron chi connectivity index (χ1n) is 6.42. The van der Waals surface area contributed by atoms with Crippen LogP contribution in [0.25, 0.3) is 0 Å². The molecular weight excluding hydrogens is 296 g/mol. The summed E-state index contributed by atoms with van der Waals surface area (Å²) in [5, 5.41) is 2.76. The van der Waals surface area contributed by atoms with Crippen molar-refractivity contribution >= 4 is 23.6 Å². The number of halogens is 1. The van der Waals surface area contributed by atoms with Gasteiger partial charge in [-0.1, -0.05) is 11.6 Å². The number of carbonyl (C=O) groups is 2. The van der Waals surface area contributed by atoms with Crippen LogP contribution in [0.5, 0.6) is 5.75 Å². The van der Waals surface area contributed by atoms with E-state index in [4.69, 9.17) is 16.3 Å². The van der Waals surface area contributed by atoms with Crippen molar-refractivity contribution in [1.29, 1.82) is 0 Å². The van der Waals surface area contributed by atoms with E-state index in [-0.39, 0.29) is 0 Å². The Labute approximate surface area is 129 Å². The topological polar surface area (TPSA) is 69.1 Å². The lowest BCUT2D eigenvalue weighted by molar-refractivity contribution is -0.908. The molecule has 0 aromatic heterocycles. The number of benzene rings is 1. The van der Waals surface area contributed by atoms with E-state index < -0.39 is 18.0 Å². The molecule has 1 unspecified atom stereocenters. The highest BCUT2D eigenvalue weighted by molar-refractivity contribution is 6.30. The maximum atomic E-state index is 11.9. The highest BCUT2D eigenvalue weighted by Gasteiger charge is 2.24. The molecule has 1 rings (SSSR count). The van der Waals surface area contributed by atoms with E-state index in [1.807, 2.05) is 7.05 Å². The molecule has 0 aliphatic heterocycles. The van der Waals surface area contributed by atoms with Crippen molar-refractivity contribution in [2.45, 2.75) is 19.5 Å². The summed E-state index contributed by atoms with van der Waals surface area (Å²) in [6.45, 7) is 2.25. The Morgan fingerprint density at radius 1 is 1.38 bits per heavy atom. The predicted molar refractivity (Wildman–Crippen MR) is 78.6 cm³/mol. The molecule has 0 spiro atoms. The van der Waals surface area contributed by atoms with Crippen LogP contribution in [0.4, 0.5) is 4.79 Å². The molecule has 21 heavy (non-hydrogen) atoms. The average molecular weight is 316 g/mol. The Kier molecular flexibility index (Phi) is 6.45. The van der Waals surface area contributed by atoms with Crippen molar-refractivity contribution in [1.82, 2.24) is 5.32 Å². The molecule has 0 fully saturated rings. The number of quaternary nitrogens is 1. The molecule has 0 bridgehead atoms. The summed E-state index contributed by atoms with van der Waals surface area (Å²) in [6, 6.07) is 4.89. The highest BCUT2D eigenvalue weighted by Crippen LogP contribution is 2.21. The van der Waals surface area contributed by atoms with Gasteiger partial charge in [0, 0.05) is 10.6 Å². The summed E-state index contributed by atoms with van der Waals surface area (Å²) in [5.74, 6) is 0.305. The normalized spacial score (nSPS) is 13.2. The maximum Gasteiger partial charge on any atom is 0.413 e. The largest absolute Gasteiger partial charge is 0.496 e. The van der Waals surface area contributed by atoms with Crippen LogP contribution >= 0.6 is 11.6 Å². The smallest absolute Gasteiger partial charge is 0.413 e. The number of imide groups is 1. The Morgan fingerprint density at radius 2 is 2.05 bits per heavy atom. The number of carbonyl (C=O) groups excluding carboxylic acids is 2. The summed E-state index contributed by atoms with van der Waals surface area (Å²) < 4.78 is 9.68. The number of hydrogen-bond acceptors (Lipinski definition) is 4. The lowest BCUT2D eigenvalue weighted by Crippen LogP contribution is -3.12. The Bertz CT molecular complexity index is 522. The van der Waals surface area contributed by atoms with Gasteiger partial charge in [0.15, 0.2) is 6.04 Å². The van der Waals surface area contributed by atoms with Gasteiger partial charge in [0.25, 0.3) is 5.91 Å². The van der Waals surface area contributed by atoms with E-state index in [1.54, 1.807) is 32.2 Å². The fourth-order valence-electron chi connectivity index (χ4n) is 1.82. The molecule has 2 amide bonds. The first-order valence-corrected chi connectivity index (χ1v) is 6.80. The Morgan fingerprint density at radius 3 is 2.62 bits per heavy atom. The third-order valence-electron chi connectivity index (χ3n) is 3.25. The van der Waals surface area contributed by atoms with E-state index in [0.29, 0.717) is 17.3 Å². The van der Waals surface area contributed by atoms with Gasteiger partial charge in [-0.3, -0.25) is 10.1 Å². The van der Waals surface area contributed by atoms with Gasteiger partial charge in [0.2, 0.25) is 0 Å². The number of methoxy groups -OCH3 is 2. The molecule has 1 aromatic rings. The van der Waals surface area contributed by atoms with Crippen molar-refractivity contribution in [3.8, 4) is 5.75 Å². The molecule has 1 aromatic carbocycles. The maximum absolute atomic E-state index is 11.9. The molecule has 0 radical (unpaired) electrons. The van der Waals surface area contributed by atoms with Gasteiger partial charge in [0.05, 0.1) is 21.3 Å². The molecular formula is C14H20ClN2O4+. The fraction of sp³-hybridized carbons (Fsp3) is 0.429. The molecule has 0 aliphatic rings. The van der Waals surface area contributed by atoms with Gasteiger partial charge >= 0.3 is 6.09 Å². The number of nitrogens with one attached hydrogen (secondary N) is 2. The van der Waals surface area contributed by atoms with E-state index in [0.717, 1.165) is 10.5 Å². The quantitative estimate of drug-likeness (QED) is 0.836. The van der Waals surface area contributed by atoms with E-state index in [1.165, 1.54) is 7.11 Å². The lowest BCUT2D eigenvalue weighted by atomic mass is 10.1. The summed E-state index contributed by atoms with van der Waals surface area (Å²) in [4.78, 5) is 23.8. The van der Waals surface area contributed by atoms with Crippen molar-refractivity contribution in [3.05, 3.63) is 28.8 Å². The number of amides is 2. The number of ether oxygens (including phenoxy) is 2. The highest BCUT2D eigenvalue weighted by atomic mass is 35.5. The molecule has 116 valence electrons. The van der Waals surface area contributed by atoms with Gasteiger partial charge in [0.1, 0.15) is 12.3 Å². The van der Waals surface area contributed by atoms with Gasteiger partial charge in [-0.2, -0.15) is 0 Å². The van der Waals surface area contributed by atoms with E-state index in [2.05, 4.69) is 10.1 Å². The van der Waals surface area contributed by atoms with E-state index in [9.17, 15) is 9.59 Å². The number of hydrogen-bond donors (Lipinski definition) is 2. The Balaban J connectivity index is 2.76. The summed E-state index contributed by atoms with van der Waals surface area (Å²) in [5.41, 5.74) is 0.889. The number of likely N-dealkylation sites (N-methyl/N-ethyl adjacent to an activating group) is 1. The van der Waals surface area contributed by atoms with Gasteiger partial charge < -0.3 is 14.4 Å². The van der Waals surface area contributed by atoms with Gasteiger partial charge in [-0.25, -0.2) is 4.79 Å². The standard InChI is InChI=1S/C14H19ClN2O4/c1-9(13(18)16-14(19)21-4)17(2)8-10-7-11(15)5-6-12(10)20-3/h5-7,9H,8H2,1-4H3,(H,16,18,19)/p+1/t9-/m1/s1. The zero-order valence-electron chi connectivity index (χ0n) is 12.5. The van der Waals surface area contributed by atoms with Crippen LogP contribution in [-0.4, -0.2) is 39.3 Å². The third-order valence-corrected chi connectivity index (χ3v) is 3.49. The first-order chi connectivity index (χ1) is 9.88. The van der Waals surface area contributed by atoms with Crippen LogP contribution in [0.2, 0.25) is 5.02 Å². The van der Waals surface area contributed by atoms with Crippen LogP contribution in [0.15, 0.2) is 18.2 Å². The second-order valence-electron chi connectivity index (χ2n) is 4.68.